The number of hydrogen-bond donors (Lipinski definition) is 0. The van der Waals surface area contributed by atoms with Gasteiger partial charge >= 0.3 is 0 Å². The molecule has 0 radical (unpaired) electrons. The molecule has 0 saturated heterocycles. The number of unbranched alkanes of at least 4 members (excludes halogenated alkanes) is 1. The van der Waals surface area contributed by atoms with Crippen molar-refractivity contribution in [2.24, 2.45) is 0 Å². The lowest BCUT2D eigenvalue weighted by Crippen LogP contribution is -2.12. The normalized spacial score (nSPS) is 11.7. The molecule has 0 fully saturated rings. The fraction of sp³-hybridized carbons (Fsp3) is 0.333. The first kappa shape index (κ1) is 24.4. The minimum atomic E-state index is -0.0506. The molecule has 0 aliphatic rings. The standard InChI is InChI=1S/C27H28Cl2N4O/c1-6-7-12-34-23-15-22(17-14-19(28)18(13-16(17)2)27(3,4)5)32-20-8-10-30-25(24(20)23)21-9-11-31-26(29)33-21/h8-11,13-15H,6-7,12H2,1-5H3. The Labute approximate surface area is 210 Å². The van der Waals surface area contributed by atoms with Crippen molar-refractivity contribution >= 4 is 34.1 Å². The molecular weight excluding hydrogens is 467 g/mol. The van der Waals surface area contributed by atoms with E-state index in [0.717, 1.165) is 51.2 Å². The van der Waals surface area contributed by atoms with Crippen molar-refractivity contribution in [2.45, 2.75) is 52.9 Å². The molecule has 0 aliphatic heterocycles. The summed E-state index contributed by atoms with van der Waals surface area (Å²) < 4.78 is 6.27. The Morgan fingerprint density at radius 3 is 2.41 bits per heavy atom. The molecule has 0 atom stereocenters. The van der Waals surface area contributed by atoms with Gasteiger partial charge < -0.3 is 4.74 Å². The maximum atomic E-state index is 6.72. The Morgan fingerprint density at radius 2 is 1.71 bits per heavy atom. The average Bonchev–Trinajstić information content (AvgIpc) is 2.79. The van der Waals surface area contributed by atoms with Crippen LogP contribution in [0.1, 0.15) is 51.7 Å². The molecule has 0 spiro atoms. The van der Waals surface area contributed by atoms with E-state index in [9.17, 15) is 0 Å². The van der Waals surface area contributed by atoms with Gasteiger partial charge in [-0.3, -0.25) is 4.98 Å². The van der Waals surface area contributed by atoms with Crippen molar-refractivity contribution < 1.29 is 4.74 Å². The molecule has 0 bridgehead atoms. The van der Waals surface area contributed by atoms with Crippen molar-refractivity contribution in [3.63, 3.8) is 0 Å². The van der Waals surface area contributed by atoms with E-state index < -0.39 is 0 Å². The van der Waals surface area contributed by atoms with E-state index in [4.69, 9.17) is 32.9 Å². The van der Waals surface area contributed by atoms with Crippen LogP contribution in [0.15, 0.2) is 42.7 Å². The second-order valence-corrected chi connectivity index (χ2v) is 10.1. The van der Waals surface area contributed by atoms with Crippen LogP contribution in [0.5, 0.6) is 5.75 Å². The number of halogens is 2. The molecule has 1 aromatic carbocycles. The molecule has 5 nitrogen and oxygen atoms in total. The van der Waals surface area contributed by atoms with Crippen LogP contribution >= 0.6 is 23.2 Å². The van der Waals surface area contributed by atoms with Crippen LogP contribution in [-0.4, -0.2) is 26.5 Å². The number of fused-ring (bicyclic) bond motifs is 1. The van der Waals surface area contributed by atoms with E-state index >= 15 is 0 Å². The molecule has 0 N–H and O–H groups in total. The number of ether oxygens (including phenoxy) is 1. The number of aryl methyl sites for hydroxylation is 1. The molecule has 3 aromatic heterocycles. The second kappa shape index (κ2) is 9.85. The minimum Gasteiger partial charge on any atom is -0.493 e. The van der Waals surface area contributed by atoms with E-state index in [1.54, 1.807) is 18.5 Å². The SMILES string of the molecule is CCCCOc1cc(-c2cc(Cl)c(C(C)(C)C)cc2C)nc2ccnc(-c3ccnc(Cl)n3)c12. The van der Waals surface area contributed by atoms with Gasteiger partial charge in [-0.2, -0.15) is 0 Å². The van der Waals surface area contributed by atoms with Gasteiger partial charge in [0.05, 0.1) is 28.9 Å². The summed E-state index contributed by atoms with van der Waals surface area (Å²) in [5.74, 6) is 0.710. The molecule has 0 unspecified atom stereocenters. The van der Waals surface area contributed by atoms with Gasteiger partial charge in [-0.15, -0.1) is 0 Å². The zero-order valence-electron chi connectivity index (χ0n) is 20.1. The lowest BCUT2D eigenvalue weighted by atomic mass is 9.85. The Morgan fingerprint density at radius 1 is 0.941 bits per heavy atom. The highest BCUT2D eigenvalue weighted by atomic mass is 35.5. The number of aromatic nitrogens is 4. The van der Waals surface area contributed by atoms with E-state index in [1.165, 1.54) is 0 Å². The third-order valence-corrected chi connectivity index (χ3v) is 6.20. The van der Waals surface area contributed by atoms with Crippen molar-refractivity contribution in [2.75, 3.05) is 6.61 Å². The maximum absolute atomic E-state index is 6.72. The first-order chi connectivity index (χ1) is 16.2. The zero-order valence-corrected chi connectivity index (χ0v) is 21.6. The molecule has 4 rings (SSSR count). The summed E-state index contributed by atoms with van der Waals surface area (Å²) in [7, 11) is 0. The van der Waals surface area contributed by atoms with Crippen LogP contribution in [0.2, 0.25) is 10.3 Å². The smallest absolute Gasteiger partial charge is 0.222 e. The topological polar surface area (TPSA) is 60.8 Å². The Balaban J connectivity index is 1.93. The summed E-state index contributed by atoms with van der Waals surface area (Å²) in [5.41, 5.74) is 5.99. The highest BCUT2D eigenvalue weighted by Crippen LogP contribution is 2.39. The fourth-order valence-corrected chi connectivity index (χ4v) is 4.51. The quantitative estimate of drug-likeness (QED) is 0.201. The first-order valence-electron chi connectivity index (χ1n) is 11.4. The summed E-state index contributed by atoms with van der Waals surface area (Å²) in [6, 6.07) is 9.81. The summed E-state index contributed by atoms with van der Waals surface area (Å²) in [4.78, 5) is 17.9. The Bertz CT molecular complexity index is 1350. The predicted molar refractivity (Wildman–Crippen MR) is 140 cm³/mol. The average molecular weight is 495 g/mol. The van der Waals surface area contributed by atoms with Crippen LogP contribution in [0.4, 0.5) is 0 Å². The maximum Gasteiger partial charge on any atom is 0.222 e. The molecule has 4 aromatic rings. The summed E-state index contributed by atoms with van der Waals surface area (Å²) in [5, 5.41) is 1.69. The van der Waals surface area contributed by atoms with Gasteiger partial charge in [0.1, 0.15) is 11.4 Å². The van der Waals surface area contributed by atoms with Crippen molar-refractivity contribution in [1.29, 1.82) is 0 Å². The van der Waals surface area contributed by atoms with Crippen LogP contribution in [0.25, 0.3) is 33.5 Å². The molecule has 3 heterocycles. The number of benzene rings is 1. The lowest BCUT2D eigenvalue weighted by Gasteiger charge is -2.22. The van der Waals surface area contributed by atoms with Gasteiger partial charge in [0, 0.05) is 29.0 Å². The number of rotatable bonds is 6. The minimum absolute atomic E-state index is 0.0506. The largest absolute Gasteiger partial charge is 0.493 e. The van der Waals surface area contributed by atoms with E-state index in [-0.39, 0.29) is 10.7 Å². The van der Waals surface area contributed by atoms with Crippen molar-refractivity contribution in [3.8, 4) is 28.4 Å². The third-order valence-electron chi connectivity index (χ3n) is 5.71. The molecule has 7 heteroatoms. The Hall–Kier alpha value is -2.76. The van der Waals surface area contributed by atoms with E-state index in [2.05, 4.69) is 55.6 Å². The van der Waals surface area contributed by atoms with Crippen molar-refractivity contribution in [1.82, 2.24) is 19.9 Å². The fourth-order valence-electron chi connectivity index (χ4n) is 3.92. The number of nitrogens with zero attached hydrogens (tertiary/aromatic N) is 4. The lowest BCUT2D eigenvalue weighted by molar-refractivity contribution is 0.313. The number of hydrogen-bond acceptors (Lipinski definition) is 5. The monoisotopic (exact) mass is 494 g/mol. The highest BCUT2D eigenvalue weighted by Gasteiger charge is 2.21. The predicted octanol–water partition coefficient (Wildman–Crippen LogP) is 7.85. The summed E-state index contributed by atoms with van der Waals surface area (Å²) in [6.45, 7) is 11.3. The summed E-state index contributed by atoms with van der Waals surface area (Å²) >= 11 is 12.8. The highest BCUT2D eigenvalue weighted by molar-refractivity contribution is 6.31. The molecule has 0 aliphatic carbocycles. The van der Waals surface area contributed by atoms with Gasteiger partial charge in [-0.25, -0.2) is 15.0 Å². The van der Waals surface area contributed by atoms with Crippen LogP contribution in [0.3, 0.4) is 0 Å². The van der Waals surface area contributed by atoms with Crippen LogP contribution in [-0.2, 0) is 5.41 Å². The molecule has 34 heavy (non-hydrogen) atoms. The number of pyridine rings is 2. The van der Waals surface area contributed by atoms with Crippen molar-refractivity contribution in [3.05, 3.63) is 64.2 Å². The molecule has 0 amide bonds. The molecule has 0 saturated carbocycles. The van der Waals surface area contributed by atoms with Crippen LogP contribution in [0, 0.1) is 6.92 Å². The van der Waals surface area contributed by atoms with E-state index in [0.29, 0.717) is 23.7 Å². The summed E-state index contributed by atoms with van der Waals surface area (Å²) in [6.07, 6.45) is 5.32. The van der Waals surface area contributed by atoms with E-state index in [1.807, 2.05) is 18.2 Å². The molecule has 176 valence electrons. The van der Waals surface area contributed by atoms with Gasteiger partial charge in [-0.05, 0) is 59.7 Å². The van der Waals surface area contributed by atoms with Gasteiger partial charge in [0.2, 0.25) is 5.28 Å². The van der Waals surface area contributed by atoms with Crippen LogP contribution < -0.4 is 4.74 Å². The first-order valence-corrected chi connectivity index (χ1v) is 12.2. The van der Waals surface area contributed by atoms with Gasteiger partial charge in [-0.1, -0.05) is 51.8 Å². The Kier molecular flexibility index (Phi) is 7.06. The second-order valence-electron chi connectivity index (χ2n) is 9.37. The third kappa shape index (κ3) is 5.01. The zero-order chi connectivity index (χ0) is 24.5. The van der Waals surface area contributed by atoms with Gasteiger partial charge in [0.25, 0.3) is 0 Å². The van der Waals surface area contributed by atoms with Gasteiger partial charge in [0.15, 0.2) is 0 Å². The molecular formula is C27H28Cl2N4O.